The van der Waals surface area contributed by atoms with Crippen molar-refractivity contribution >= 4 is 22.7 Å². The molecule has 0 bridgehead atoms. The van der Waals surface area contributed by atoms with Gasteiger partial charge in [-0.05, 0) is 24.1 Å². The summed E-state index contributed by atoms with van der Waals surface area (Å²) in [5.41, 5.74) is 8.45. The molecule has 3 N–H and O–H groups in total. The van der Waals surface area contributed by atoms with Crippen molar-refractivity contribution in [1.29, 1.82) is 0 Å². The third kappa shape index (κ3) is 3.52. The average Bonchev–Trinajstić information content (AvgIpc) is 2.83. The van der Waals surface area contributed by atoms with Gasteiger partial charge in [0, 0.05) is 31.6 Å². The predicted octanol–water partition coefficient (Wildman–Crippen LogP) is 1.98. The van der Waals surface area contributed by atoms with Gasteiger partial charge in [-0.15, -0.1) is 0 Å². The van der Waals surface area contributed by atoms with Gasteiger partial charge in [0.1, 0.15) is 9.95 Å². The Labute approximate surface area is 128 Å². The third-order valence-corrected chi connectivity index (χ3v) is 4.19. The summed E-state index contributed by atoms with van der Waals surface area (Å²) >= 11 is 1.32. The van der Waals surface area contributed by atoms with Gasteiger partial charge in [-0.2, -0.15) is 0 Å². The van der Waals surface area contributed by atoms with E-state index in [-0.39, 0.29) is 5.91 Å². The fourth-order valence-electron chi connectivity index (χ4n) is 1.94. The van der Waals surface area contributed by atoms with Crippen LogP contribution in [0.1, 0.15) is 18.9 Å². The second-order valence-corrected chi connectivity index (χ2v) is 5.44. The van der Waals surface area contributed by atoms with E-state index in [1.165, 1.54) is 11.8 Å². The summed E-state index contributed by atoms with van der Waals surface area (Å²) in [5.74, 6) is -0.171. The highest BCUT2D eigenvalue weighted by Crippen LogP contribution is 2.35. The fourth-order valence-corrected chi connectivity index (χ4v) is 2.92. The highest BCUT2D eigenvalue weighted by molar-refractivity contribution is 8.19. The Balaban J connectivity index is 2.10. The summed E-state index contributed by atoms with van der Waals surface area (Å²) in [6.45, 7) is 2.48. The Bertz CT molecular complexity index is 620. The first kappa shape index (κ1) is 15.3. The number of thioether (sulfide) groups is 1. The standard InChI is InChI=1S/C15H18N4OS/c1-3-4-11-12(16)13(21-15(11)17-2)14(20)19-9-10-5-7-18-8-6-10/h4-8H,3,9,16H2,1-2H3,(H,19,20)/b11-4-,17-15?. The normalized spacial score (nSPS) is 18.6. The number of amides is 1. The van der Waals surface area contributed by atoms with E-state index < -0.39 is 0 Å². The maximum Gasteiger partial charge on any atom is 0.260 e. The summed E-state index contributed by atoms with van der Waals surface area (Å²) in [7, 11) is 1.71. The summed E-state index contributed by atoms with van der Waals surface area (Å²) < 4.78 is 0. The smallest absolute Gasteiger partial charge is 0.260 e. The number of allylic oxidation sites excluding steroid dienone is 2. The Morgan fingerprint density at radius 3 is 2.81 bits per heavy atom. The largest absolute Gasteiger partial charge is 0.397 e. The Kier molecular flexibility index (Phi) is 5.16. The summed E-state index contributed by atoms with van der Waals surface area (Å²) in [4.78, 5) is 20.9. The Morgan fingerprint density at radius 1 is 1.48 bits per heavy atom. The molecule has 0 atom stereocenters. The lowest BCUT2D eigenvalue weighted by Gasteiger charge is -2.05. The van der Waals surface area contributed by atoms with E-state index in [1.54, 1.807) is 19.4 Å². The van der Waals surface area contributed by atoms with Gasteiger partial charge in [0.05, 0.1) is 5.70 Å². The van der Waals surface area contributed by atoms with Crippen LogP contribution in [0.25, 0.3) is 0 Å². The van der Waals surface area contributed by atoms with Crippen LogP contribution in [0.2, 0.25) is 0 Å². The molecule has 1 aromatic heterocycles. The van der Waals surface area contributed by atoms with E-state index in [2.05, 4.69) is 15.3 Å². The van der Waals surface area contributed by atoms with Crippen molar-refractivity contribution in [2.45, 2.75) is 19.9 Å². The summed E-state index contributed by atoms with van der Waals surface area (Å²) in [6, 6.07) is 3.72. The van der Waals surface area contributed by atoms with Crippen molar-refractivity contribution in [3.8, 4) is 0 Å². The summed E-state index contributed by atoms with van der Waals surface area (Å²) in [6.07, 6.45) is 6.24. The second-order valence-electron chi connectivity index (χ2n) is 4.44. The number of carbonyl (C=O) groups is 1. The highest BCUT2D eigenvalue weighted by atomic mass is 32.2. The van der Waals surface area contributed by atoms with Gasteiger partial charge in [-0.1, -0.05) is 24.8 Å². The zero-order valence-electron chi connectivity index (χ0n) is 12.1. The van der Waals surface area contributed by atoms with Gasteiger partial charge < -0.3 is 11.1 Å². The molecule has 0 fully saturated rings. The molecule has 21 heavy (non-hydrogen) atoms. The van der Waals surface area contributed by atoms with Gasteiger partial charge in [-0.25, -0.2) is 0 Å². The summed E-state index contributed by atoms with van der Waals surface area (Å²) in [5, 5.41) is 3.67. The lowest BCUT2D eigenvalue weighted by Crippen LogP contribution is -2.24. The van der Waals surface area contributed by atoms with Crippen molar-refractivity contribution in [2.75, 3.05) is 7.05 Å². The van der Waals surface area contributed by atoms with Gasteiger partial charge in [0.25, 0.3) is 5.91 Å². The molecular formula is C15H18N4OS. The SMILES string of the molecule is CC/C=C1\C(=NC)SC(C(=O)NCc2ccncc2)=C1N. The number of aromatic nitrogens is 1. The lowest BCUT2D eigenvalue weighted by atomic mass is 10.1. The fraction of sp³-hybridized carbons (Fsp3) is 0.267. The minimum Gasteiger partial charge on any atom is -0.397 e. The highest BCUT2D eigenvalue weighted by Gasteiger charge is 2.28. The zero-order chi connectivity index (χ0) is 15.2. The van der Waals surface area contributed by atoms with E-state index in [9.17, 15) is 4.79 Å². The van der Waals surface area contributed by atoms with Crippen LogP contribution in [-0.2, 0) is 11.3 Å². The average molecular weight is 302 g/mol. The molecule has 2 rings (SSSR count). The molecule has 1 aromatic rings. The van der Waals surface area contributed by atoms with Gasteiger partial charge >= 0.3 is 0 Å². The van der Waals surface area contributed by atoms with Gasteiger partial charge in [-0.3, -0.25) is 14.8 Å². The second kappa shape index (κ2) is 7.08. The molecule has 0 aliphatic carbocycles. The van der Waals surface area contributed by atoms with Crippen molar-refractivity contribution in [2.24, 2.45) is 10.7 Å². The predicted molar refractivity (Wildman–Crippen MR) is 86.6 cm³/mol. The topological polar surface area (TPSA) is 80.4 Å². The van der Waals surface area contributed by atoms with Crippen LogP contribution in [0, 0.1) is 0 Å². The molecule has 110 valence electrons. The number of nitrogens with two attached hydrogens (primary N) is 1. The Morgan fingerprint density at radius 2 is 2.19 bits per heavy atom. The number of rotatable bonds is 4. The van der Waals surface area contributed by atoms with Crippen molar-refractivity contribution in [3.05, 3.63) is 52.3 Å². The number of pyridine rings is 1. The van der Waals surface area contributed by atoms with E-state index >= 15 is 0 Å². The van der Waals surface area contributed by atoms with Crippen LogP contribution in [0.3, 0.4) is 0 Å². The molecule has 1 aliphatic heterocycles. The maximum atomic E-state index is 12.3. The first-order valence-corrected chi connectivity index (χ1v) is 7.51. The zero-order valence-corrected chi connectivity index (χ0v) is 12.9. The number of nitrogens with one attached hydrogen (secondary N) is 1. The maximum absolute atomic E-state index is 12.3. The molecule has 0 aromatic carbocycles. The van der Waals surface area contributed by atoms with E-state index in [1.807, 2.05) is 25.1 Å². The van der Waals surface area contributed by atoms with Crippen molar-refractivity contribution in [1.82, 2.24) is 10.3 Å². The van der Waals surface area contributed by atoms with Gasteiger partial charge in [0.15, 0.2) is 0 Å². The third-order valence-electron chi connectivity index (χ3n) is 2.98. The van der Waals surface area contributed by atoms with Crippen LogP contribution >= 0.6 is 11.8 Å². The molecule has 2 heterocycles. The van der Waals surface area contributed by atoms with Crippen LogP contribution in [0.5, 0.6) is 0 Å². The monoisotopic (exact) mass is 302 g/mol. The first-order chi connectivity index (χ1) is 10.2. The number of hydrogen-bond donors (Lipinski definition) is 2. The number of nitrogens with zero attached hydrogens (tertiary/aromatic N) is 2. The molecule has 0 radical (unpaired) electrons. The van der Waals surface area contributed by atoms with Crippen LogP contribution in [-0.4, -0.2) is 23.0 Å². The molecule has 0 unspecified atom stereocenters. The molecule has 0 saturated carbocycles. The van der Waals surface area contributed by atoms with Gasteiger partial charge in [0.2, 0.25) is 0 Å². The van der Waals surface area contributed by atoms with Crippen molar-refractivity contribution < 1.29 is 4.79 Å². The van der Waals surface area contributed by atoms with Crippen LogP contribution in [0.15, 0.2) is 51.8 Å². The number of hydrogen-bond acceptors (Lipinski definition) is 5. The minimum atomic E-state index is -0.171. The van der Waals surface area contributed by atoms with Crippen molar-refractivity contribution in [3.63, 3.8) is 0 Å². The molecule has 0 saturated heterocycles. The van der Waals surface area contributed by atoms with Crippen LogP contribution in [0.4, 0.5) is 0 Å². The molecule has 6 heteroatoms. The molecule has 1 aliphatic rings. The molecule has 1 amide bonds. The quantitative estimate of drug-likeness (QED) is 0.891. The van der Waals surface area contributed by atoms with E-state index in [0.717, 1.165) is 22.6 Å². The molecular weight excluding hydrogens is 284 g/mol. The lowest BCUT2D eigenvalue weighted by molar-refractivity contribution is -0.117. The Hall–Kier alpha value is -2.08. The van der Waals surface area contributed by atoms with Crippen LogP contribution < -0.4 is 11.1 Å². The van der Waals surface area contributed by atoms with E-state index in [0.29, 0.717) is 17.1 Å². The minimum absolute atomic E-state index is 0.171. The molecule has 5 nitrogen and oxygen atoms in total. The number of carbonyl (C=O) groups excluding carboxylic acids is 1. The first-order valence-electron chi connectivity index (χ1n) is 6.69. The van der Waals surface area contributed by atoms with E-state index in [4.69, 9.17) is 5.73 Å². The number of aliphatic imine (C=N–C) groups is 1. The molecule has 0 spiro atoms.